The number of hydrogen-bond acceptors (Lipinski definition) is 3. The van der Waals surface area contributed by atoms with Crippen LogP contribution in [-0.2, 0) is 12.7 Å². The minimum atomic E-state index is -4.40. The van der Waals surface area contributed by atoms with Crippen molar-refractivity contribution >= 4 is 22.4 Å². The number of anilines is 1. The third-order valence-corrected chi connectivity index (χ3v) is 4.77. The first-order valence-electron chi connectivity index (χ1n) is 8.31. The van der Waals surface area contributed by atoms with Gasteiger partial charge in [-0.3, -0.25) is 10.1 Å². The zero-order valence-corrected chi connectivity index (χ0v) is 15.6. The summed E-state index contributed by atoms with van der Waals surface area (Å²) in [5.41, 5.74) is 1.08. The van der Waals surface area contributed by atoms with E-state index in [0.717, 1.165) is 17.7 Å². The summed E-state index contributed by atoms with van der Waals surface area (Å²) in [6, 6.07) is 6.90. The summed E-state index contributed by atoms with van der Waals surface area (Å²) >= 11 is 1.30. The maximum absolute atomic E-state index is 13.0. The summed E-state index contributed by atoms with van der Waals surface area (Å²) in [6.07, 6.45) is -1.01. The van der Waals surface area contributed by atoms with Crippen molar-refractivity contribution in [2.75, 3.05) is 5.32 Å². The lowest BCUT2D eigenvalue weighted by atomic mass is 10.1. The number of amides is 1. The zero-order chi connectivity index (χ0) is 19.6. The summed E-state index contributed by atoms with van der Waals surface area (Å²) in [5.74, 6) is -0.164. The molecule has 4 nitrogen and oxygen atoms in total. The average Bonchev–Trinajstić information content (AvgIpc) is 3.24. The van der Waals surface area contributed by atoms with E-state index < -0.39 is 11.7 Å². The highest BCUT2D eigenvalue weighted by Crippen LogP contribution is 2.30. The van der Waals surface area contributed by atoms with E-state index in [1.54, 1.807) is 28.3 Å². The van der Waals surface area contributed by atoms with Crippen molar-refractivity contribution in [1.29, 1.82) is 0 Å². The quantitative estimate of drug-likeness (QED) is 0.632. The van der Waals surface area contributed by atoms with Crippen LogP contribution < -0.4 is 5.32 Å². The van der Waals surface area contributed by atoms with Crippen molar-refractivity contribution in [1.82, 2.24) is 9.55 Å². The molecule has 0 spiro atoms. The molecule has 2 heterocycles. The minimum Gasteiger partial charge on any atom is -0.339 e. The Balaban J connectivity index is 1.91. The molecule has 0 saturated carbocycles. The van der Waals surface area contributed by atoms with Gasteiger partial charge in [0.05, 0.1) is 5.56 Å². The Morgan fingerprint density at radius 1 is 1.30 bits per heavy atom. The molecular formula is C19H18F3N3OS. The number of nitrogens with zero attached hydrogens (tertiary/aromatic N) is 2. The number of rotatable bonds is 5. The van der Waals surface area contributed by atoms with Crippen LogP contribution in [0, 0.1) is 0 Å². The summed E-state index contributed by atoms with van der Waals surface area (Å²) in [6.45, 7) is 4.15. The van der Waals surface area contributed by atoms with Gasteiger partial charge in [0.25, 0.3) is 5.91 Å². The van der Waals surface area contributed by atoms with Crippen LogP contribution in [-0.4, -0.2) is 15.5 Å². The molecule has 1 N–H and O–H groups in total. The zero-order valence-electron chi connectivity index (χ0n) is 14.7. The molecule has 0 bridgehead atoms. The molecule has 8 heteroatoms. The highest BCUT2D eigenvalue weighted by atomic mass is 32.1. The SMILES string of the molecule is CC(C)c1cc(C(=O)Nc2nccs2)n(Cc2cccc(C(F)(F)F)c2)c1. The van der Waals surface area contributed by atoms with Crippen LogP contribution in [0.4, 0.5) is 18.3 Å². The number of hydrogen-bond donors (Lipinski definition) is 1. The first kappa shape index (κ1) is 19.2. The lowest BCUT2D eigenvalue weighted by Crippen LogP contribution is -2.17. The highest BCUT2D eigenvalue weighted by molar-refractivity contribution is 7.13. The number of carbonyl (C=O) groups excluding carboxylic acids is 1. The van der Waals surface area contributed by atoms with E-state index in [4.69, 9.17) is 0 Å². The van der Waals surface area contributed by atoms with Gasteiger partial charge in [-0.05, 0) is 35.2 Å². The van der Waals surface area contributed by atoms with Gasteiger partial charge >= 0.3 is 6.18 Å². The number of halogens is 3. The van der Waals surface area contributed by atoms with Crippen LogP contribution in [0.5, 0.6) is 0 Å². The van der Waals surface area contributed by atoms with Crippen LogP contribution in [0.3, 0.4) is 0 Å². The second-order valence-corrected chi connectivity index (χ2v) is 7.33. The van der Waals surface area contributed by atoms with Gasteiger partial charge in [0, 0.05) is 24.3 Å². The molecule has 1 amide bonds. The highest BCUT2D eigenvalue weighted by Gasteiger charge is 2.30. The average molecular weight is 393 g/mol. The number of aromatic nitrogens is 2. The molecule has 0 aliphatic rings. The third kappa shape index (κ3) is 4.57. The van der Waals surface area contributed by atoms with Crippen molar-refractivity contribution in [3.05, 3.63) is 70.5 Å². The van der Waals surface area contributed by atoms with E-state index in [1.165, 1.54) is 17.4 Å². The Kier molecular flexibility index (Phi) is 5.36. The molecule has 0 fully saturated rings. The van der Waals surface area contributed by atoms with E-state index in [9.17, 15) is 18.0 Å². The molecular weight excluding hydrogens is 375 g/mol. The Morgan fingerprint density at radius 2 is 2.07 bits per heavy atom. The molecule has 2 aromatic heterocycles. The number of carbonyl (C=O) groups is 1. The molecule has 27 heavy (non-hydrogen) atoms. The van der Waals surface area contributed by atoms with Gasteiger partial charge in [-0.2, -0.15) is 13.2 Å². The molecule has 0 atom stereocenters. The molecule has 142 valence electrons. The van der Waals surface area contributed by atoms with Gasteiger partial charge in [0.15, 0.2) is 5.13 Å². The molecule has 0 aliphatic heterocycles. The smallest absolute Gasteiger partial charge is 0.339 e. The summed E-state index contributed by atoms with van der Waals surface area (Å²) in [5, 5.41) is 4.94. The maximum atomic E-state index is 13.0. The first-order chi connectivity index (χ1) is 12.7. The predicted molar refractivity (Wildman–Crippen MR) is 99.1 cm³/mol. The van der Waals surface area contributed by atoms with Crippen LogP contribution in [0.15, 0.2) is 48.1 Å². The van der Waals surface area contributed by atoms with Gasteiger partial charge in [0.2, 0.25) is 0 Å². The first-order valence-corrected chi connectivity index (χ1v) is 9.19. The van der Waals surface area contributed by atoms with Crippen LogP contribution >= 0.6 is 11.3 Å². The number of alkyl halides is 3. The van der Waals surface area contributed by atoms with Crippen LogP contribution in [0.1, 0.15) is 46.9 Å². The maximum Gasteiger partial charge on any atom is 0.416 e. The molecule has 0 unspecified atom stereocenters. The lowest BCUT2D eigenvalue weighted by Gasteiger charge is -2.11. The second-order valence-electron chi connectivity index (χ2n) is 6.43. The van der Waals surface area contributed by atoms with Crippen LogP contribution in [0.2, 0.25) is 0 Å². The largest absolute Gasteiger partial charge is 0.416 e. The number of nitrogens with one attached hydrogen (secondary N) is 1. The molecule has 3 rings (SSSR count). The number of thiazole rings is 1. The minimum absolute atomic E-state index is 0.164. The van der Waals surface area contributed by atoms with Gasteiger partial charge in [-0.1, -0.05) is 26.0 Å². The molecule has 0 saturated heterocycles. The standard InChI is InChI=1S/C19H18F3N3OS/c1-12(2)14-9-16(17(26)24-18-23-6-7-27-18)25(11-14)10-13-4-3-5-15(8-13)19(20,21)22/h3-9,11-12H,10H2,1-2H3,(H,23,24,26). The monoisotopic (exact) mass is 393 g/mol. The van der Waals surface area contributed by atoms with Crippen molar-refractivity contribution in [2.24, 2.45) is 0 Å². The normalized spacial score (nSPS) is 11.8. The lowest BCUT2D eigenvalue weighted by molar-refractivity contribution is -0.137. The van der Waals surface area contributed by atoms with Gasteiger partial charge in [0.1, 0.15) is 5.69 Å². The van der Waals surface area contributed by atoms with E-state index in [0.29, 0.717) is 16.4 Å². The predicted octanol–water partition coefficient (Wildman–Crippen LogP) is 5.39. The molecule has 0 aliphatic carbocycles. The summed E-state index contributed by atoms with van der Waals surface area (Å²) in [4.78, 5) is 16.7. The van der Waals surface area contributed by atoms with Gasteiger partial charge in [-0.25, -0.2) is 4.98 Å². The topological polar surface area (TPSA) is 46.9 Å². The second kappa shape index (κ2) is 7.56. The van der Waals surface area contributed by atoms with Gasteiger partial charge in [-0.15, -0.1) is 11.3 Å². The molecule has 1 aromatic carbocycles. The van der Waals surface area contributed by atoms with Crippen molar-refractivity contribution in [3.63, 3.8) is 0 Å². The van der Waals surface area contributed by atoms with Crippen molar-refractivity contribution in [3.8, 4) is 0 Å². The fraction of sp³-hybridized carbons (Fsp3) is 0.263. The Morgan fingerprint density at radius 3 is 2.70 bits per heavy atom. The van der Waals surface area contributed by atoms with E-state index in [-0.39, 0.29) is 18.4 Å². The Labute approximate surface area is 158 Å². The fourth-order valence-electron chi connectivity index (χ4n) is 2.66. The van der Waals surface area contributed by atoms with Crippen molar-refractivity contribution < 1.29 is 18.0 Å². The van der Waals surface area contributed by atoms with Gasteiger partial charge < -0.3 is 4.57 Å². The number of benzene rings is 1. The fourth-order valence-corrected chi connectivity index (χ4v) is 3.18. The Hall–Kier alpha value is -2.61. The Bertz CT molecular complexity index is 930. The summed E-state index contributed by atoms with van der Waals surface area (Å²) < 4.78 is 40.6. The molecule has 0 radical (unpaired) electrons. The summed E-state index contributed by atoms with van der Waals surface area (Å²) in [7, 11) is 0. The van der Waals surface area contributed by atoms with E-state index >= 15 is 0 Å². The third-order valence-electron chi connectivity index (χ3n) is 4.08. The van der Waals surface area contributed by atoms with E-state index in [2.05, 4.69) is 10.3 Å². The molecule has 3 aromatic rings. The van der Waals surface area contributed by atoms with Crippen LogP contribution in [0.25, 0.3) is 0 Å². The van der Waals surface area contributed by atoms with Crippen molar-refractivity contribution in [2.45, 2.75) is 32.5 Å². The van der Waals surface area contributed by atoms with E-state index in [1.807, 2.05) is 20.0 Å².